The second kappa shape index (κ2) is 9.46. The highest BCUT2D eigenvalue weighted by molar-refractivity contribution is 5.99. The van der Waals surface area contributed by atoms with Crippen LogP contribution in [-0.4, -0.2) is 18.9 Å². The summed E-state index contributed by atoms with van der Waals surface area (Å²) in [5.74, 6) is -1.28. The van der Waals surface area contributed by atoms with Gasteiger partial charge in [0, 0.05) is 6.42 Å². The second-order valence-corrected chi connectivity index (χ2v) is 5.58. The molecule has 2 aromatic carbocycles. The highest BCUT2D eigenvalue weighted by Gasteiger charge is 2.25. The molecule has 0 spiro atoms. The van der Waals surface area contributed by atoms with Crippen LogP contribution < -0.4 is 0 Å². The third-order valence-corrected chi connectivity index (χ3v) is 3.86. The fraction of sp³-hybridized carbons (Fsp3) is 0.238. The van der Waals surface area contributed by atoms with Gasteiger partial charge in [0.15, 0.2) is 0 Å². The van der Waals surface area contributed by atoms with Crippen molar-refractivity contribution in [2.75, 3.05) is 7.11 Å². The quantitative estimate of drug-likeness (QED) is 0.543. The number of allylic oxidation sites excluding steroid dienone is 1. The van der Waals surface area contributed by atoms with E-state index < -0.39 is 11.9 Å². The average molecular weight is 322 g/mol. The zero-order valence-corrected chi connectivity index (χ0v) is 13.9. The van der Waals surface area contributed by atoms with Crippen molar-refractivity contribution >= 4 is 17.8 Å². The van der Waals surface area contributed by atoms with Gasteiger partial charge < -0.3 is 4.74 Å². The number of aryl methyl sites for hydroxylation is 1. The van der Waals surface area contributed by atoms with E-state index >= 15 is 0 Å². The Morgan fingerprint density at radius 1 is 1.00 bits per heavy atom. The van der Waals surface area contributed by atoms with Crippen LogP contribution in [0.4, 0.5) is 0 Å². The minimum absolute atomic E-state index is 0.0802. The van der Waals surface area contributed by atoms with E-state index in [0.29, 0.717) is 19.3 Å². The SMILES string of the molecule is COC(=O)C(C/C=C/c1ccccc1)C(=O)CCc1ccccc1. The van der Waals surface area contributed by atoms with E-state index in [0.717, 1.165) is 11.1 Å². The van der Waals surface area contributed by atoms with Crippen molar-refractivity contribution in [2.45, 2.75) is 19.3 Å². The maximum absolute atomic E-state index is 12.4. The number of carbonyl (C=O) groups is 2. The Labute approximate surface area is 143 Å². The summed E-state index contributed by atoms with van der Waals surface area (Å²) in [6.45, 7) is 0. The number of benzene rings is 2. The van der Waals surface area contributed by atoms with Gasteiger partial charge in [-0.3, -0.25) is 9.59 Å². The molecule has 0 fully saturated rings. The van der Waals surface area contributed by atoms with Crippen LogP contribution in [0.1, 0.15) is 24.0 Å². The molecule has 0 aliphatic rings. The van der Waals surface area contributed by atoms with Crippen molar-refractivity contribution in [3.05, 3.63) is 77.9 Å². The van der Waals surface area contributed by atoms with Gasteiger partial charge in [-0.25, -0.2) is 0 Å². The lowest BCUT2D eigenvalue weighted by Crippen LogP contribution is -2.25. The molecular weight excluding hydrogens is 300 g/mol. The lowest BCUT2D eigenvalue weighted by atomic mass is 9.94. The topological polar surface area (TPSA) is 43.4 Å². The molecule has 0 radical (unpaired) electrons. The Bertz CT molecular complexity index is 675. The van der Waals surface area contributed by atoms with Crippen molar-refractivity contribution < 1.29 is 14.3 Å². The Balaban J connectivity index is 1.95. The van der Waals surface area contributed by atoms with E-state index in [2.05, 4.69) is 0 Å². The standard InChI is InChI=1S/C21H22O3/c1-24-21(23)19(14-8-13-17-9-4-2-5-10-17)20(22)16-15-18-11-6-3-7-12-18/h2-13,19H,14-16H2,1H3/b13-8+. The Morgan fingerprint density at radius 2 is 1.62 bits per heavy atom. The third kappa shape index (κ3) is 5.51. The van der Waals surface area contributed by atoms with Crippen LogP contribution in [0.25, 0.3) is 6.08 Å². The van der Waals surface area contributed by atoms with Crippen LogP contribution >= 0.6 is 0 Å². The Kier molecular flexibility index (Phi) is 6.96. The van der Waals surface area contributed by atoms with Gasteiger partial charge >= 0.3 is 5.97 Å². The number of esters is 1. The van der Waals surface area contributed by atoms with Crippen molar-refractivity contribution in [3.8, 4) is 0 Å². The highest BCUT2D eigenvalue weighted by atomic mass is 16.5. The Hall–Kier alpha value is -2.68. The zero-order valence-electron chi connectivity index (χ0n) is 13.9. The number of hydrogen-bond acceptors (Lipinski definition) is 3. The van der Waals surface area contributed by atoms with Gasteiger partial charge in [0.25, 0.3) is 0 Å². The highest BCUT2D eigenvalue weighted by Crippen LogP contribution is 2.14. The maximum atomic E-state index is 12.4. The molecule has 3 heteroatoms. The molecule has 3 nitrogen and oxygen atoms in total. The number of ether oxygens (including phenoxy) is 1. The first kappa shape index (κ1) is 17.7. The second-order valence-electron chi connectivity index (χ2n) is 5.58. The van der Waals surface area contributed by atoms with Gasteiger partial charge in [0.1, 0.15) is 11.7 Å². The first-order valence-electron chi connectivity index (χ1n) is 8.06. The van der Waals surface area contributed by atoms with Crippen LogP contribution in [0.3, 0.4) is 0 Å². The maximum Gasteiger partial charge on any atom is 0.316 e. The lowest BCUT2D eigenvalue weighted by molar-refractivity contribution is -0.149. The molecule has 0 amide bonds. The molecular formula is C21H22O3. The van der Waals surface area contributed by atoms with E-state index in [-0.39, 0.29) is 5.78 Å². The number of ketones is 1. The van der Waals surface area contributed by atoms with Gasteiger partial charge in [0.2, 0.25) is 0 Å². The monoisotopic (exact) mass is 322 g/mol. The van der Waals surface area contributed by atoms with Crippen molar-refractivity contribution in [1.29, 1.82) is 0 Å². The average Bonchev–Trinajstić information content (AvgIpc) is 2.64. The van der Waals surface area contributed by atoms with Crippen molar-refractivity contribution in [1.82, 2.24) is 0 Å². The first-order chi connectivity index (χ1) is 11.7. The molecule has 2 aromatic rings. The number of rotatable bonds is 8. The molecule has 0 heterocycles. The summed E-state index contributed by atoms with van der Waals surface area (Å²) in [4.78, 5) is 24.4. The van der Waals surface area contributed by atoms with Crippen LogP contribution in [0, 0.1) is 5.92 Å². The molecule has 124 valence electrons. The molecule has 0 saturated heterocycles. The molecule has 0 bridgehead atoms. The van der Waals surface area contributed by atoms with Gasteiger partial charge in [-0.2, -0.15) is 0 Å². The van der Waals surface area contributed by atoms with Crippen molar-refractivity contribution in [3.63, 3.8) is 0 Å². The summed E-state index contributed by atoms with van der Waals surface area (Å²) < 4.78 is 4.79. The predicted molar refractivity (Wildman–Crippen MR) is 95.4 cm³/mol. The third-order valence-electron chi connectivity index (χ3n) is 3.86. The molecule has 2 rings (SSSR count). The van der Waals surface area contributed by atoms with E-state index in [9.17, 15) is 9.59 Å². The van der Waals surface area contributed by atoms with E-state index in [4.69, 9.17) is 4.74 Å². The lowest BCUT2D eigenvalue weighted by Gasteiger charge is -2.11. The minimum Gasteiger partial charge on any atom is -0.468 e. The molecule has 0 aliphatic heterocycles. The largest absolute Gasteiger partial charge is 0.468 e. The smallest absolute Gasteiger partial charge is 0.316 e. The minimum atomic E-state index is -0.737. The van der Waals surface area contributed by atoms with E-state index in [1.54, 1.807) is 0 Å². The van der Waals surface area contributed by atoms with E-state index in [1.165, 1.54) is 7.11 Å². The molecule has 0 aromatic heterocycles. The summed E-state index contributed by atoms with van der Waals surface area (Å²) in [6.07, 6.45) is 5.10. The molecule has 0 N–H and O–H groups in total. The predicted octanol–water partition coefficient (Wildman–Crippen LogP) is 4.08. The summed E-state index contributed by atoms with van der Waals surface area (Å²) in [5, 5.41) is 0. The van der Waals surface area contributed by atoms with Crippen molar-refractivity contribution in [2.24, 2.45) is 5.92 Å². The molecule has 0 aliphatic carbocycles. The van der Waals surface area contributed by atoms with Gasteiger partial charge in [-0.05, 0) is 24.0 Å². The van der Waals surface area contributed by atoms with E-state index in [1.807, 2.05) is 72.8 Å². The fourth-order valence-electron chi connectivity index (χ4n) is 2.49. The number of methoxy groups -OCH3 is 1. The summed E-state index contributed by atoms with van der Waals surface area (Å²) in [6, 6.07) is 19.6. The van der Waals surface area contributed by atoms with Gasteiger partial charge in [0.05, 0.1) is 7.11 Å². The Morgan fingerprint density at radius 3 is 2.25 bits per heavy atom. The van der Waals surface area contributed by atoms with Gasteiger partial charge in [-0.15, -0.1) is 0 Å². The number of hydrogen-bond donors (Lipinski definition) is 0. The molecule has 1 atom stereocenters. The first-order valence-corrected chi connectivity index (χ1v) is 8.06. The van der Waals surface area contributed by atoms with Gasteiger partial charge in [-0.1, -0.05) is 72.8 Å². The van der Waals surface area contributed by atoms with Crippen LogP contribution in [0.2, 0.25) is 0 Å². The molecule has 0 saturated carbocycles. The number of carbonyl (C=O) groups excluding carboxylic acids is 2. The van der Waals surface area contributed by atoms with Crippen LogP contribution in [0.5, 0.6) is 0 Å². The fourth-order valence-corrected chi connectivity index (χ4v) is 2.49. The summed E-state index contributed by atoms with van der Waals surface area (Å²) in [5.41, 5.74) is 2.13. The molecule has 1 unspecified atom stereocenters. The summed E-state index contributed by atoms with van der Waals surface area (Å²) in [7, 11) is 1.32. The zero-order chi connectivity index (χ0) is 17.2. The summed E-state index contributed by atoms with van der Waals surface area (Å²) >= 11 is 0. The van der Waals surface area contributed by atoms with Crippen LogP contribution in [0.15, 0.2) is 66.7 Å². The van der Waals surface area contributed by atoms with Crippen LogP contribution in [-0.2, 0) is 20.7 Å². The normalized spacial score (nSPS) is 12.0. The number of Topliss-reactive ketones (excluding diaryl/α,β-unsaturated/α-hetero) is 1. The molecule has 24 heavy (non-hydrogen) atoms.